The number of amidine groups is 1. The number of hydrogen-bond donors (Lipinski definition) is 1. The fourth-order valence-electron chi connectivity index (χ4n) is 1.58. The molecule has 0 saturated carbocycles. The van der Waals surface area contributed by atoms with Gasteiger partial charge in [0.25, 0.3) is 5.91 Å². The van der Waals surface area contributed by atoms with Crippen LogP contribution < -0.4 is 5.32 Å². The van der Waals surface area contributed by atoms with E-state index in [4.69, 9.17) is 11.6 Å². The minimum absolute atomic E-state index is 0.247. The highest BCUT2D eigenvalue weighted by atomic mass is 35.5. The smallest absolute Gasteiger partial charge is 0.325 e. The molecule has 0 radical (unpaired) electrons. The predicted molar refractivity (Wildman–Crippen MR) is 49.9 cm³/mol. The Morgan fingerprint density at radius 3 is 2.64 bits per heavy atom. The van der Waals surface area contributed by atoms with Gasteiger partial charge in [-0.05, 0) is 11.6 Å². The summed E-state index contributed by atoms with van der Waals surface area (Å²) in [4.78, 5) is 29.6. The van der Waals surface area contributed by atoms with Crippen molar-refractivity contribution in [3.8, 4) is 0 Å². The molecule has 0 spiro atoms. The molecule has 2 aliphatic rings. The van der Waals surface area contributed by atoms with Crippen molar-refractivity contribution in [2.24, 2.45) is 4.99 Å². The quantitative estimate of drug-likeness (QED) is 0.550. The Labute approximate surface area is 85.5 Å². The summed E-state index contributed by atoms with van der Waals surface area (Å²) in [5, 5.41) is 2.47. The zero-order valence-corrected chi connectivity index (χ0v) is 8.45. The molecule has 0 aliphatic carbocycles. The molecule has 2 atom stereocenters. The van der Waals surface area contributed by atoms with E-state index in [2.05, 4.69) is 10.3 Å². The summed E-state index contributed by atoms with van der Waals surface area (Å²) in [6, 6.07) is -0.954. The standard InChI is InChI=1S/C7H9ClN4O2/c1-11-3-4(9-6(11)8)12(2)7(14)10-5(3)13/h3-4H,1-2H3,(H,10,13,14). The van der Waals surface area contributed by atoms with Crippen molar-refractivity contribution in [3.63, 3.8) is 0 Å². The summed E-state index contributed by atoms with van der Waals surface area (Å²) in [5.74, 6) is -0.361. The van der Waals surface area contributed by atoms with E-state index in [-0.39, 0.29) is 11.2 Å². The van der Waals surface area contributed by atoms with Crippen LogP contribution in [0.5, 0.6) is 0 Å². The van der Waals surface area contributed by atoms with Crippen LogP contribution in [0.2, 0.25) is 0 Å². The molecule has 3 amide bonds. The molecule has 0 aromatic heterocycles. The molecular formula is C7H9ClN4O2. The maximum absolute atomic E-state index is 11.5. The van der Waals surface area contributed by atoms with Gasteiger partial charge in [-0.25, -0.2) is 9.79 Å². The minimum atomic E-state index is -0.509. The first kappa shape index (κ1) is 9.26. The fraction of sp³-hybridized carbons (Fsp3) is 0.571. The lowest BCUT2D eigenvalue weighted by molar-refractivity contribution is -0.126. The summed E-state index contributed by atoms with van der Waals surface area (Å²) < 4.78 is 0. The Kier molecular flexibility index (Phi) is 1.88. The molecule has 76 valence electrons. The third-order valence-corrected chi connectivity index (χ3v) is 2.81. The van der Waals surface area contributed by atoms with Crippen LogP contribution in [-0.4, -0.2) is 53.3 Å². The average Bonchev–Trinajstić information content (AvgIpc) is 2.40. The van der Waals surface area contributed by atoms with Gasteiger partial charge in [0.2, 0.25) is 0 Å². The third-order valence-electron chi connectivity index (χ3n) is 2.45. The van der Waals surface area contributed by atoms with E-state index in [0.717, 1.165) is 0 Å². The summed E-state index contributed by atoms with van der Waals surface area (Å²) in [6.07, 6.45) is -0.506. The van der Waals surface area contributed by atoms with Gasteiger partial charge in [-0.2, -0.15) is 0 Å². The van der Waals surface area contributed by atoms with Crippen LogP contribution in [0.4, 0.5) is 4.79 Å². The normalized spacial score (nSPS) is 31.5. The first-order valence-corrected chi connectivity index (χ1v) is 4.44. The van der Waals surface area contributed by atoms with Crippen LogP contribution >= 0.6 is 11.6 Å². The average molecular weight is 217 g/mol. The number of carbonyl (C=O) groups excluding carboxylic acids is 2. The summed E-state index contributed by atoms with van der Waals surface area (Å²) in [5.41, 5.74) is 0. The second-order valence-electron chi connectivity index (χ2n) is 3.27. The molecule has 2 unspecified atom stereocenters. The molecule has 2 heterocycles. The topological polar surface area (TPSA) is 65.0 Å². The van der Waals surface area contributed by atoms with Crippen LogP contribution in [0.3, 0.4) is 0 Å². The molecule has 2 rings (SSSR count). The van der Waals surface area contributed by atoms with Crippen molar-refractivity contribution in [1.29, 1.82) is 0 Å². The van der Waals surface area contributed by atoms with Crippen molar-refractivity contribution >= 4 is 28.8 Å². The fourth-order valence-corrected chi connectivity index (χ4v) is 1.79. The van der Waals surface area contributed by atoms with Crippen molar-refractivity contribution < 1.29 is 9.59 Å². The van der Waals surface area contributed by atoms with E-state index in [1.165, 1.54) is 4.90 Å². The summed E-state index contributed by atoms with van der Waals surface area (Å²) in [6.45, 7) is 0. The van der Waals surface area contributed by atoms with E-state index in [0.29, 0.717) is 0 Å². The maximum atomic E-state index is 11.5. The Bertz CT molecular complexity index is 343. The van der Waals surface area contributed by atoms with Crippen molar-refractivity contribution in [3.05, 3.63) is 0 Å². The van der Waals surface area contributed by atoms with Crippen molar-refractivity contribution in [2.75, 3.05) is 14.1 Å². The Hall–Kier alpha value is -1.30. The van der Waals surface area contributed by atoms with Gasteiger partial charge >= 0.3 is 6.03 Å². The van der Waals surface area contributed by atoms with Crippen LogP contribution in [0.15, 0.2) is 4.99 Å². The van der Waals surface area contributed by atoms with Crippen LogP contribution in [-0.2, 0) is 4.79 Å². The molecule has 1 N–H and O–H groups in total. The van der Waals surface area contributed by atoms with E-state index >= 15 is 0 Å². The molecule has 0 bridgehead atoms. The molecule has 1 saturated heterocycles. The van der Waals surface area contributed by atoms with E-state index < -0.39 is 18.2 Å². The number of aliphatic imine (C=N–C) groups is 1. The lowest BCUT2D eigenvalue weighted by Gasteiger charge is -2.34. The lowest BCUT2D eigenvalue weighted by Crippen LogP contribution is -2.62. The van der Waals surface area contributed by atoms with Gasteiger partial charge in [-0.15, -0.1) is 0 Å². The zero-order chi connectivity index (χ0) is 10.5. The zero-order valence-electron chi connectivity index (χ0n) is 7.69. The number of likely N-dealkylation sites (N-methyl/N-ethyl adjacent to an activating group) is 2. The number of imide groups is 1. The molecule has 1 fully saturated rings. The van der Waals surface area contributed by atoms with Gasteiger partial charge in [-0.1, -0.05) is 0 Å². The third kappa shape index (κ3) is 1.07. The number of fused-ring (bicyclic) bond motifs is 1. The number of carbonyl (C=O) groups is 2. The highest BCUT2D eigenvalue weighted by Gasteiger charge is 2.46. The molecule has 0 aromatic rings. The lowest BCUT2D eigenvalue weighted by atomic mass is 10.1. The van der Waals surface area contributed by atoms with Crippen molar-refractivity contribution in [1.82, 2.24) is 15.1 Å². The first-order chi connectivity index (χ1) is 6.52. The van der Waals surface area contributed by atoms with E-state index in [1.54, 1.807) is 19.0 Å². The number of halogens is 1. The Morgan fingerprint density at radius 1 is 1.36 bits per heavy atom. The van der Waals surface area contributed by atoms with Crippen LogP contribution in [0, 0.1) is 0 Å². The number of rotatable bonds is 0. The van der Waals surface area contributed by atoms with Crippen molar-refractivity contribution in [2.45, 2.75) is 12.2 Å². The van der Waals surface area contributed by atoms with Gasteiger partial charge in [0.05, 0.1) is 0 Å². The Morgan fingerprint density at radius 2 is 2.00 bits per heavy atom. The second-order valence-corrected chi connectivity index (χ2v) is 3.61. The van der Waals surface area contributed by atoms with Gasteiger partial charge in [0, 0.05) is 14.1 Å². The highest BCUT2D eigenvalue weighted by molar-refractivity contribution is 6.65. The number of amides is 3. The van der Waals surface area contributed by atoms with Gasteiger partial charge in [0.1, 0.15) is 0 Å². The van der Waals surface area contributed by atoms with Crippen LogP contribution in [0.25, 0.3) is 0 Å². The molecule has 2 aliphatic heterocycles. The molecule has 0 aromatic carbocycles. The number of hydrogen-bond acceptors (Lipinski definition) is 4. The van der Waals surface area contributed by atoms with Crippen LogP contribution in [0.1, 0.15) is 0 Å². The van der Waals surface area contributed by atoms with Gasteiger partial charge < -0.3 is 9.80 Å². The first-order valence-electron chi connectivity index (χ1n) is 4.06. The van der Waals surface area contributed by atoms with Gasteiger partial charge in [-0.3, -0.25) is 10.1 Å². The van der Waals surface area contributed by atoms with Gasteiger partial charge in [0.15, 0.2) is 17.5 Å². The molecule has 7 heteroatoms. The molecule has 14 heavy (non-hydrogen) atoms. The summed E-state index contributed by atoms with van der Waals surface area (Å²) in [7, 11) is 3.24. The number of nitrogens with one attached hydrogen (secondary N) is 1. The predicted octanol–water partition coefficient (Wildman–Crippen LogP) is -0.597. The SMILES string of the molecule is CN1C(=O)NC(=O)C2C1N=C(Cl)N2C. The number of urea groups is 1. The number of nitrogens with zero attached hydrogens (tertiary/aromatic N) is 3. The second kappa shape index (κ2) is 2.84. The largest absolute Gasteiger partial charge is 0.335 e. The molecule has 6 nitrogen and oxygen atoms in total. The molecular weight excluding hydrogens is 208 g/mol. The highest BCUT2D eigenvalue weighted by Crippen LogP contribution is 2.23. The Balaban J connectivity index is 2.35. The van der Waals surface area contributed by atoms with E-state index in [1.807, 2.05) is 0 Å². The van der Waals surface area contributed by atoms with E-state index in [9.17, 15) is 9.59 Å². The minimum Gasteiger partial charge on any atom is -0.335 e. The maximum Gasteiger partial charge on any atom is 0.325 e. The summed E-state index contributed by atoms with van der Waals surface area (Å²) >= 11 is 5.77. The monoisotopic (exact) mass is 216 g/mol.